The van der Waals surface area contributed by atoms with Gasteiger partial charge in [-0.05, 0) is 19.1 Å². The highest BCUT2D eigenvalue weighted by Gasteiger charge is 2.14. The van der Waals surface area contributed by atoms with Gasteiger partial charge < -0.3 is 4.52 Å². The Morgan fingerprint density at radius 1 is 1.14 bits per heavy atom. The Morgan fingerprint density at radius 3 is 2.71 bits per heavy atom. The number of rotatable bonds is 6. The van der Waals surface area contributed by atoms with E-state index >= 15 is 0 Å². The van der Waals surface area contributed by atoms with E-state index < -0.39 is 0 Å². The molecule has 0 atom stereocenters. The van der Waals surface area contributed by atoms with Crippen LogP contribution in [0, 0.1) is 6.92 Å². The first-order chi connectivity index (χ1) is 13.7. The summed E-state index contributed by atoms with van der Waals surface area (Å²) < 4.78 is 6.98. The van der Waals surface area contributed by atoms with Gasteiger partial charge in [-0.25, -0.2) is 4.98 Å². The van der Waals surface area contributed by atoms with Crippen molar-refractivity contribution in [3.05, 3.63) is 83.0 Å². The molecule has 0 radical (unpaired) electrons. The van der Waals surface area contributed by atoms with Crippen LogP contribution in [0.4, 0.5) is 0 Å². The fourth-order valence-corrected chi connectivity index (χ4v) is 3.65. The average molecular weight is 390 g/mol. The fourth-order valence-electron chi connectivity index (χ4n) is 2.81. The molecule has 0 aliphatic carbocycles. The molecular formula is C21H18N4O2S. The number of hydrogen-bond donors (Lipinski definition) is 0. The summed E-state index contributed by atoms with van der Waals surface area (Å²) in [6.07, 6.45) is 1.68. The van der Waals surface area contributed by atoms with Crippen LogP contribution < -0.4 is 5.56 Å². The standard InChI is InChI=1S/C21H18N4O2S/c1-3-12-25-20(26)16-6-4-5-7-17(16)22-21(25)28-13-18-23-19(24-27-18)15-10-8-14(2)9-11-15/h3-11H,1,12-13H2,2H3. The van der Waals surface area contributed by atoms with E-state index in [1.165, 1.54) is 17.3 Å². The lowest BCUT2D eigenvalue weighted by Crippen LogP contribution is -2.22. The van der Waals surface area contributed by atoms with Crippen LogP contribution in [0.25, 0.3) is 22.3 Å². The van der Waals surface area contributed by atoms with E-state index in [1.54, 1.807) is 16.7 Å². The third-order valence-electron chi connectivity index (χ3n) is 4.24. The topological polar surface area (TPSA) is 73.8 Å². The number of aromatic nitrogens is 4. The summed E-state index contributed by atoms with van der Waals surface area (Å²) in [6, 6.07) is 15.3. The maximum Gasteiger partial charge on any atom is 0.262 e. The smallest absolute Gasteiger partial charge is 0.262 e. The molecule has 2 aromatic heterocycles. The van der Waals surface area contributed by atoms with Crippen LogP contribution >= 0.6 is 11.8 Å². The number of aryl methyl sites for hydroxylation is 1. The lowest BCUT2D eigenvalue weighted by atomic mass is 10.1. The van der Waals surface area contributed by atoms with Crippen LogP contribution in [0.5, 0.6) is 0 Å². The first kappa shape index (κ1) is 18.2. The van der Waals surface area contributed by atoms with Gasteiger partial charge in [-0.3, -0.25) is 9.36 Å². The number of allylic oxidation sites excluding steroid dienone is 1. The molecule has 0 saturated heterocycles. The van der Waals surface area contributed by atoms with Gasteiger partial charge in [0.25, 0.3) is 5.56 Å². The van der Waals surface area contributed by atoms with E-state index in [9.17, 15) is 4.79 Å². The Kier molecular flexibility index (Phi) is 5.08. The highest BCUT2D eigenvalue weighted by Crippen LogP contribution is 2.23. The van der Waals surface area contributed by atoms with Gasteiger partial charge in [-0.2, -0.15) is 4.98 Å². The van der Waals surface area contributed by atoms with E-state index in [1.807, 2.05) is 49.4 Å². The molecule has 0 aliphatic rings. The van der Waals surface area contributed by atoms with E-state index in [4.69, 9.17) is 4.52 Å². The Labute approximate surface area is 165 Å². The first-order valence-corrected chi connectivity index (χ1v) is 9.77. The molecule has 28 heavy (non-hydrogen) atoms. The lowest BCUT2D eigenvalue weighted by Gasteiger charge is -2.10. The quantitative estimate of drug-likeness (QED) is 0.279. The zero-order valence-corrected chi connectivity index (χ0v) is 16.1. The van der Waals surface area contributed by atoms with Gasteiger partial charge in [0.1, 0.15) is 0 Å². The fraction of sp³-hybridized carbons (Fsp3) is 0.143. The van der Waals surface area contributed by atoms with Crippen LogP contribution in [0.15, 0.2) is 75.7 Å². The van der Waals surface area contributed by atoms with Crippen molar-refractivity contribution in [3.8, 4) is 11.4 Å². The predicted molar refractivity (Wildman–Crippen MR) is 110 cm³/mol. The van der Waals surface area contributed by atoms with Gasteiger partial charge in [0.15, 0.2) is 5.16 Å². The summed E-state index contributed by atoms with van der Waals surface area (Å²) in [5, 5.41) is 5.24. The van der Waals surface area contributed by atoms with E-state index in [2.05, 4.69) is 21.7 Å². The maximum atomic E-state index is 12.8. The van der Waals surface area contributed by atoms with Gasteiger partial charge in [0, 0.05) is 12.1 Å². The zero-order chi connectivity index (χ0) is 19.5. The van der Waals surface area contributed by atoms with Crippen molar-refractivity contribution >= 4 is 22.7 Å². The van der Waals surface area contributed by atoms with Crippen molar-refractivity contribution < 1.29 is 4.52 Å². The van der Waals surface area contributed by atoms with Crippen molar-refractivity contribution in [2.75, 3.05) is 0 Å². The average Bonchev–Trinajstić information content (AvgIpc) is 3.18. The van der Waals surface area contributed by atoms with Gasteiger partial charge in [0.05, 0.1) is 16.7 Å². The maximum absolute atomic E-state index is 12.8. The first-order valence-electron chi connectivity index (χ1n) is 8.78. The highest BCUT2D eigenvalue weighted by molar-refractivity contribution is 7.98. The number of thioether (sulfide) groups is 1. The molecule has 0 unspecified atom stereocenters. The van der Waals surface area contributed by atoms with Crippen LogP contribution in [0.3, 0.4) is 0 Å². The van der Waals surface area contributed by atoms with Crippen molar-refractivity contribution in [2.45, 2.75) is 24.4 Å². The predicted octanol–water partition coefficient (Wildman–Crippen LogP) is 4.23. The normalized spacial score (nSPS) is 11.0. The van der Waals surface area contributed by atoms with Gasteiger partial charge in [-0.1, -0.05) is 65.0 Å². The largest absolute Gasteiger partial charge is 0.338 e. The molecule has 0 spiro atoms. The monoisotopic (exact) mass is 390 g/mol. The molecule has 2 aromatic carbocycles. The number of nitrogens with zero attached hydrogens (tertiary/aromatic N) is 4. The Balaban J connectivity index is 1.60. The number of hydrogen-bond acceptors (Lipinski definition) is 6. The molecule has 6 nitrogen and oxygen atoms in total. The minimum atomic E-state index is -0.0844. The minimum Gasteiger partial charge on any atom is -0.338 e. The second-order valence-corrected chi connectivity index (χ2v) is 7.22. The summed E-state index contributed by atoms with van der Waals surface area (Å²) >= 11 is 1.39. The van der Waals surface area contributed by atoms with Gasteiger partial charge >= 0.3 is 0 Å². The van der Waals surface area contributed by atoms with Crippen LogP contribution in [0.2, 0.25) is 0 Å². The summed E-state index contributed by atoms with van der Waals surface area (Å²) in [5.41, 5.74) is 2.66. The molecule has 0 aliphatic heterocycles. The SMILES string of the molecule is C=CCn1c(SCc2nc(-c3ccc(C)cc3)no2)nc2ccccc2c1=O. The second-order valence-electron chi connectivity index (χ2n) is 6.28. The Bertz CT molecular complexity index is 1200. The Hall–Kier alpha value is -3.19. The van der Waals surface area contributed by atoms with E-state index in [-0.39, 0.29) is 5.56 Å². The molecule has 7 heteroatoms. The van der Waals surface area contributed by atoms with E-state index in [0.717, 1.165) is 5.56 Å². The van der Waals surface area contributed by atoms with Crippen molar-refractivity contribution in [3.63, 3.8) is 0 Å². The molecule has 0 bridgehead atoms. The minimum absolute atomic E-state index is 0.0844. The Morgan fingerprint density at radius 2 is 1.93 bits per heavy atom. The molecular weight excluding hydrogens is 372 g/mol. The van der Waals surface area contributed by atoms with Gasteiger partial charge in [-0.15, -0.1) is 6.58 Å². The second kappa shape index (κ2) is 7.82. The molecule has 0 saturated carbocycles. The third kappa shape index (κ3) is 3.61. The summed E-state index contributed by atoms with van der Waals surface area (Å²) in [5.74, 6) is 1.44. The number of fused-ring (bicyclic) bond motifs is 1. The van der Waals surface area contributed by atoms with Crippen molar-refractivity contribution in [1.82, 2.24) is 19.7 Å². The molecule has 0 N–H and O–H groups in total. The van der Waals surface area contributed by atoms with Crippen LogP contribution in [-0.2, 0) is 12.3 Å². The number of para-hydroxylation sites is 1. The van der Waals surface area contributed by atoms with Crippen LogP contribution in [0.1, 0.15) is 11.5 Å². The molecule has 140 valence electrons. The molecule has 4 aromatic rings. The van der Waals surface area contributed by atoms with Crippen molar-refractivity contribution in [1.29, 1.82) is 0 Å². The summed E-state index contributed by atoms with van der Waals surface area (Å²) in [4.78, 5) is 21.9. The third-order valence-corrected chi connectivity index (χ3v) is 5.20. The van der Waals surface area contributed by atoms with Crippen LogP contribution in [-0.4, -0.2) is 19.7 Å². The molecule has 0 amide bonds. The van der Waals surface area contributed by atoms with Gasteiger partial charge in [0.2, 0.25) is 11.7 Å². The highest BCUT2D eigenvalue weighted by atomic mass is 32.2. The molecule has 4 rings (SSSR count). The molecule has 2 heterocycles. The summed E-state index contributed by atoms with van der Waals surface area (Å²) in [7, 11) is 0. The number of benzene rings is 2. The molecule has 0 fully saturated rings. The lowest BCUT2D eigenvalue weighted by molar-refractivity contribution is 0.391. The van der Waals surface area contributed by atoms with Crippen molar-refractivity contribution in [2.24, 2.45) is 0 Å². The van der Waals surface area contributed by atoms with E-state index in [0.29, 0.717) is 40.1 Å². The zero-order valence-electron chi connectivity index (χ0n) is 15.3. The summed E-state index contributed by atoms with van der Waals surface area (Å²) in [6.45, 7) is 6.16.